The lowest BCUT2D eigenvalue weighted by atomic mass is 9.64. The van der Waals surface area contributed by atoms with Crippen LogP contribution in [0.4, 0.5) is 14.3 Å². The summed E-state index contributed by atoms with van der Waals surface area (Å²) in [5, 5.41) is 24.1. The minimum absolute atomic E-state index is 0.0762. The van der Waals surface area contributed by atoms with Crippen LogP contribution in [0, 0.1) is 12.7 Å². The van der Waals surface area contributed by atoms with Crippen molar-refractivity contribution in [3.05, 3.63) is 39.6 Å². The Morgan fingerprint density at radius 3 is 2.67 bits per heavy atom. The van der Waals surface area contributed by atoms with Crippen LogP contribution in [-0.4, -0.2) is 81.3 Å². The van der Waals surface area contributed by atoms with Crippen LogP contribution in [0.2, 0.25) is 5.82 Å². The Balaban J connectivity index is 1.56. The summed E-state index contributed by atoms with van der Waals surface area (Å²) in [6.07, 6.45) is -0.483. The molecule has 206 valence electrons. The third-order valence-electron chi connectivity index (χ3n) is 6.72. The zero-order valence-electron chi connectivity index (χ0n) is 21.0. The van der Waals surface area contributed by atoms with E-state index in [9.17, 15) is 38.5 Å². The van der Waals surface area contributed by atoms with Crippen LogP contribution in [-0.2, 0) is 20.8 Å². The molecule has 2 aromatic rings. The third-order valence-corrected chi connectivity index (χ3v) is 7.41. The van der Waals surface area contributed by atoms with E-state index in [4.69, 9.17) is 10.4 Å². The van der Waals surface area contributed by atoms with Crippen LogP contribution in [0.25, 0.3) is 0 Å². The lowest BCUT2D eigenvalue weighted by molar-refractivity contribution is -0.153. The van der Waals surface area contributed by atoms with E-state index in [-0.39, 0.29) is 47.2 Å². The number of Topliss-reactive ketones (excluding diaryl/α,β-unsaturated/α-hetero) is 1. The summed E-state index contributed by atoms with van der Waals surface area (Å²) in [5.41, 5.74) is 5.39. The SMILES string of the molecule is CCN1CCN(C(=O)NC(C(=O)C[C@H]2Cc3cc(F)c(C)c(C(=O)O)c3OB2O)c2csc(N)n2)C(=O)C1=O. The molecule has 1 aromatic heterocycles. The number of nitrogens with one attached hydrogen (secondary N) is 1. The van der Waals surface area contributed by atoms with Crippen molar-refractivity contribution in [2.75, 3.05) is 25.4 Å². The number of nitrogen functional groups attached to an aromatic ring is 1. The van der Waals surface area contributed by atoms with Crippen molar-refractivity contribution >= 4 is 53.2 Å². The van der Waals surface area contributed by atoms with Crippen molar-refractivity contribution < 1.29 is 43.1 Å². The predicted octanol–water partition coefficient (Wildman–Crippen LogP) is 0.757. The average molecular weight is 561 g/mol. The molecule has 0 saturated carbocycles. The van der Waals surface area contributed by atoms with Gasteiger partial charge in [-0.25, -0.2) is 19.0 Å². The van der Waals surface area contributed by atoms with Crippen molar-refractivity contribution in [2.24, 2.45) is 0 Å². The first-order chi connectivity index (χ1) is 18.4. The highest BCUT2D eigenvalue weighted by atomic mass is 32.1. The Morgan fingerprint density at radius 2 is 2.05 bits per heavy atom. The Labute approximate surface area is 225 Å². The lowest BCUT2D eigenvalue weighted by Crippen LogP contribution is -2.58. The summed E-state index contributed by atoms with van der Waals surface area (Å²) < 4.78 is 19.8. The molecule has 2 atom stereocenters. The first-order valence-corrected chi connectivity index (χ1v) is 12.9. The maximum absolute atomic E-state index is 14.4. The zero-order valence-corrected chi connectivity index (χ0v) is 21.8. The number of nitrogens with zero attached hydrogens (tertiary/aromatic N) is 3. The van der Waals surface area contributed by atoms with Gasteiger partial charge in [-0.05, 0) is 31.9 Å². The minimum Gasteiger partial charge on any atom is -0.535 e. The van der Waals surface area contributed by atoms with Crippen molar-refractivity contribution in [2.45, 2.75) is 38.5 Å². The lowest BCUT2D eigenvalue weighted by Gasteiger charge is -2.33. The number of thiazole rings is 1. The van der Waals surface area contributed by atoms with Crippen molar-refractivity contribution in [1.82, 2.24) is 20.1 Å². The van der Waals surface area contributed by atoms with Gasteiger partial charge < -0.3 is 30.7 Å². The van der Waals surface area contributed by atoms with E-state index in [0.717, 1.165) is 17.4 Å². The van der Waals surface area contributed by atoms with Gasteiger partial charge in [0.1, 0.15) is 23.2 Å². The number of amides is 4. The van der Waals surface area contributed by atoms with Gasteiger partial charge >= 0.3 is 30.9 Å². The van der Waals surface area contributed by atoms with Crippen molar-refractivity contribution in [1.29, 1.82) is 0 Å². The number of aromatic nitrogens is 1. The molecular weight excluding hydrogens is 536 g/mol. The fourth-order valence-corrected chi connectivity index (χ4v) is 5.18. The van der Waals surface area contributed by atoms with E-state index in [0.29, 0.717) is 11.4 Å². The van der Waals surface area contributed by atoms with E-state index >= 15 is 0 Å². The zero-order chi connectivity index (χ0) is 28.6. The van der Waals surface area contributed by atoms with Gasteiger partial charge in [-0.3, -0.25) is 19.3 Å². The van der Waals surface area contributed by atoms with Gasteiger partial charge in [0.05, 0.1) is 5.69 Å². The van der Waals surface area contributed by atoms with Gasteiger partial charge in [0.15, 0.2) is 10.9 Å². The number of aromatic carboxylic acids is 1. The number of benzene rings is 1. The second kappa shape index (κ2) is 11.0. The smallest absolute Gasteiger partial charge is 0.526 e. The highest BCUT2D eigenvalue weighted by molar-refractivity contribution is 7.13. The largest absolute Gasteiger partial charge is 0.535 e. The van der Waals surface area contributed by atoms with E-state index in [1.165, 1.54) is 17.2 Å². The maximum atomic E-state index is 14.4. The second-order valence-electron chi connectivity index (χ2n) is 9.13. The quantitative estimate of drug-likeness (QED) is 0.277. The van der Waals surface area contributed by atoms with E-state index in [1.807, 2.05) is 0 Å². The number of hydrogen-bond donors (Lipinski definition) is 4. The molecule has 4 amide bonds. The molecule has 16 heteroatoms. The van der Waals surface area contributed by atoms with Gasteiger partial charge in [-0.2, -0.15) is 0 Å². The van der Waals surface area contributed by atoms with Crippen LogP contribution in [0.5, 0.6) is 5.75 Å². The van der Waals surface area contributed by atoms with Crippen molar-refractivity contribution in [3.8, 4) is 5.75 Å². The number of carbonyl (C=O) groups excluding carboxylic acids is 4. The predicted molar refractivity (Wildman–Crippen MR) is 136 cm³/mol. The molecular formula is C23H25BFN5O8S. The first-order valence-electron chi connectivity index (χ1n) is 12.0. The molecule has 0 spiro atoms. The summed E-state index contributed by atoms with van der Waals surface area (Å²) in [6, 6.07) is -1.28. The molecule has 0 bridgehead atoms. The number of anilines is 1. The van der Waals surface area contributed by atoms with Gasteiger partial charge in [0.25, 0.3) is 0 Å². The topological polar surface area (TPSA) is 192 Å². The van der Waals surface area contributed by atoms with Crippen LogP contribution < -0.4 is 15.7 Å². The molecule has 1 unspecified atom stereocenters. The summed E-state index contributed by atoms with van der Waals surface area (Å²) in [5.74, 6) is -5.83. The highest BCUT2D eigenvalue weighted by Crippen LogP contribution is 2.39. The molecule has 13 nitrogen and oxygen atoms in total. The van der Waals surface area contributed by atoms with E-state index < -0.39 is 66.4 Å². The summed E-state index contributed by atoms with van der Waals surface area (Å²) >= 11 is 1.01. The van der Waals surface area contributed by atoms with E-state index in [2.05, 4.69) is 10.3 Å². The van der Waals surface area contributed by atoms with Crippen molar-refractivity contribution in [3.63, 3.8) is 0 Å². The van der Waals surface area contributed by atoms with Crippen LogP contribution >= 0.6 is 11.3 Å². The van der Waals surface area contributed by atoms with Crippen LogP contribution in [0.15, 0.2) is 11.4 Å². The number of hydrogen-bond acceptors (Lipinski definition) is 10. The molecule has 0 aliphatic carbocycles. The fraction of sp³-hybridized carbons (Fsp3) is 0.391. The third kappa shape index (κ3) is 5.42. The number of halogens is 1. The molecule has 39 heavy (non-hydrogen) atoms. The number of imide groups is 1. The number of rotatable bonds is 7. The number of piperazine rings is 1. The number of carboxylic acid groups (broad SMARTS) is 1. The number of nitrogens with two attached hydrogens (primary N) is 1. The standard InChI is InChI=1S/C23H25BFN5O8S/c1-3-29-4-5-30(20(33)19(29)32)23(36)28-17(14-9-39-22(26)27-14)15(31)8-12-6-11-7-13(25)10(2)16(21(34)35)18(11)38-24(12)37/h7,9,12,17,37H,3-6,8H2,1-2H3,(H2,26,27)(H,28,36)(H,34,35)/t12-,17?/m1/s1. The molecule has 1 fully saturated rings. The van der Waals surface area contributed by atoms with Gasteiger partial charge in [-0.15, -0.1) is 11.3 Å². The van der Waals surface area contributed by atoms with E-state index in [1.54, 1.807) is 6.92 Å². The number of fused-ring (bicyclic) bond motifs is 1. The number of carbonyl (C=O) groups is 5. The van der Waals surface area contributed by atoms with Crippen LogP contribution in [0.1, 0.15) is 46.6 Å². The summed E-state index contributed by atoms with van der Waals surface area (Å²) in [7, 11) is -1.61. The molecule has 4 rings (SSSR count). The summed E-state index contributed by atoms with van der Waals surface area (Å²) in [6.45, 7) is 3.33. The Morgan fingerprint density at radius 1 is 1.33 bits per heavy atom. The minimum atomic E-state index is -1.61. The molecule has 2 aliphatic rings. The Hall–Kier alpha value is -4.05. The molecule has 5 N–H and O–H groups in total. The molecule has 3 heterocycles. The normalized spacial score (nSPS) is 17.9. The second-order valence-corrected chi connectivity index (χ2v) is 10.0. The van der Waals surface area contributed by atoms with Gasteiger partial charge in [0, 0.05) is 42.8 Å². The molecule has 1 saturated heterocycles. The Kier molecular flexibility index (Phi) is 7.88. The number of urea groups is 1. The molecule has 2 aliphatic heterocycles. The van der Waals surface area contributed by atoms with Gasteiger partial charge in [0.2, 0.25) is 0 Å². The first kappa shape index (κ1) is 28.0. The highest BCUT2D eigenvalue weighted by Gasteiger charge is 2.42. The summed E-state index contributed by atoms with van der Waals surface area (Å²) in [4.78, 5) is 68.8. The number of carboxylic acids is 1. The monoisotopic (exact) mass is 561 g/mol. The van der Waals surface area contributed by atoms with Gasteiger partial charge in [-0.1, -0.05) is 0 Å². The number of likely N-dealkylation sites (N-methyl/N-ethyl adjacent to an activating group) is 1. The Bertz CT molecular complexity index is 1370. The molecule has 1 aromatic carbocycles. The van der Waals surface area contributed by atoms with Crippen LogP contribution in [0.3, 0.4) is 0 Å². The average Bonchev–Trinajstić information content (AvgIpc) is 3.31. The maximum Gasteiger partial charge on any atom is 0.526 e. The number of ketones is 1. The molecule has 0 radical (unpaired) electrons. The fourth-order valence-electron chi connectivity index (χ4n) is 4.59.